The Labute approximate surface area is 240 Å². The van der Waals surface area contributed by atoms with Crippen molar-refractivity contribution in [3.05, 3.63) is 65.7 Å². The van der Waals surface area contributed by atoms with E-state index in [1.165, 1.54) is 6.92 Å². The molecule has 3 heterocycles. The molecule has 6 rings (SSSR count). The molecule has 1 unspecified atom stereocenters. The molecule has 2 aromatic rings. The highest BCUT2D eigenvalue weighted by Gasteiger charge is 2.78. The lowest BCUT2D eigenvalue weighted by Gasteiger charge is -2.64. The second-order valence-corrected chi connectivity index (χ2v) is 11.7. The summed E-state index contributed by atoms with van der Waals surface area (Å²) < 4.78 is 22.8. The van der Waals surface area contributed by atoms with E-state index in [9.17, 15) is 14.7 Å². The minimum absolute atomic E-state index is 0.0333. The lowest BCUT2D eigenvalue weighted by molar-refractivity contribution is -0.228. The smallest absolute Gasteiger partial charge is 0.338 e. The molecule has 0 radical (unpaired) electrons. The molecule has 41 heavy (non-hydrogen) atoms. The number of carbonyl (C=O) groups is 2. The van der Waals surface area contributed by atoms with Gasteiger partial charge >= 0.3 is 11.9 Å². The summed E-state index contributed by atoms with van der Waals surface area (Å²) in [6.45, 7) is 4.72. The molecule has 1 spiro atoms. The highest BCUT2D eigenvalue weighted by Crippen LogP contribution is 2.67. The van der Waals surface area contributed by atoms with E-state index >= 15 is 0 Å². The number of hydrogen-bond acceptors (Lipinski definition) is 9. The van der Waals surface area contributed by atoms with E-state index in [1.54, 1.807) is 38.5 Å². The third kappa shape index (κ3) is 3.74. The number of anilines is 1. The van der Waals surface area contributed by atoms with E-state index in [1.807, 2.05) is 19.2 Å². The molecule has 0 aromatic heterocycles. The molecule has 9 nitrogen and oxygen atoms in total. The van der Waals surface area contributed by atoms with Gasteiger partial charge in [0.15, 0.2) is 5.60 Å². The highest BCUT2D eigenvalue weighted by atomic mass is 16.6. The molecule has 1 saturated carbocycles. The van der Waals surface area contributed by atoms with Gasteiger partial charge in [0.2, 0.25) is 0 Å². The van der Waals surface area contributed by atoms with Crippen LogP contribution in [0.4, 0.5) is 5.69 Å². The van der Waals surface area contributed by atoms with Crippen molar-refractivity contribution in [3.63, 3.8) is 0 Å². The molecule has 218 valence electrons. The van der Waals surface area contributed by atoms with Crippen molar-refractivity contribution in [1.82, 2.24) is 4.90 Å². The molecule has 1 saturated heterocycles. The molecule has 1 N–H and O–H groups in total. The fraction of sp³-hybridized carbons (Fsp3) is 0.500. The van der Waals surface area contributed by atoms with Gasteiger partial charge in [0.05, 0.1) is 25.8 Å². The molecule has 4 aliphatic rings. The first-order chi connectivity index (χ1) is 19.7. The van der Waals surface area contributed by atoms with Crippen molar-refractivity contribution in [2.24, 2.45) is 5.41 Å². The number of ether oxygens (including phenoxy) is 4. The Hall–Kier alpha value is -3.56. The van der Waals surface area contributed by atoms with E-state index in [2.05, 4.69) is 34.9 Å². The van der Waals surface area contributed by atoms with Gasteiger partial charge in [-0.05, 0) is 55.3 Å². The van der Waals surface area contributed by atoms with Crippen LogP contribution >= 0.6 is 0 Å². The Balaban J connectivity index is 1.51. The van der Waals surface area contributed by atoms with E-state index < -0.39 is 40.5 Å². The standard InChI is InChI=1S/C32H38N2O7/c1-6-30-14-7-16-34-17-15-31(27(30)34)24-13-12-23(39-5)18-25(24)33(3)28(31)32(37,29(30)41-20(2)35)19-40-26(36)21-8-10-22(38-4)11-9-21/h7-14,18,27-29,37H,6,15-17,19H2,1-5H3/t27-,28+,29+,30+,31+,32?/m0/s1. The van der Waals surface area contributed by atoms with Crippen LogP contribution in [-0.2, 0) is 19.7 Å². The van der Waals surface area contributed by atoms with Gasteiger partial charge in [-0.2, -0.15) is 0 Å². The Morgan fingerprint density at radius 3 is 2.41 bits per heavy atom. The summed E-state index contributed by atoms with van der Waals surface area (Å²) >= 11 is 0. The number of rotatable bonds is 7. The number of carbonyl (C=O) groups excluding carboxylic acids is 2. The molecule has 3 aliphatic heterocycles. The number of hydrogen-bond donors (Lipinski definition) is 1. The summed E-state index contributed by atoms with van der Waals surface area (Å²) in [5.41, 5.74) is -0.523. The zero-order valence-corrected chi connectivity index (χ0v) is 24.3. The normalized spacial score (nSPS) is 33.0. The van der Waals surface area contributed by atoms with Gasteiger partial charge in [-0.15, -0.1) is 0 Å². The maximum atomic E-state index is 13.3. The van der Waals surface area contributed by atoms with Crippen molar-refractivity contribution >= 4 is 17.6 Å². The van der Waals surface area contributed by atoms with Gasteiger partial charge in [0.1, 0.15) is 24.2 Å². The molecule has 6 atom stereocenters. The van der Waals surface area contributed by atoms with Gasteiger partial charge in [-0.3, -0.25) is 9.69 Å². The predicted molar refractivity (Wildman–Crippen MR) is 152 cm³/mol. The van der Waals surface area contributed by atoms with Crippen LogP contribution in [-0.4, -0.2) is 86.7 Å². The quantitative estimate of drug-likeness (QED) is 0.403. The Morgan fingerprint density at radius 1 is 1.05 bits per heavy atom. The molecular formula is C32H38N2O7. The van der Waals surface area contributed by atoms with Crippen molar-refractivity contribution in [2.45, 2.75) is 55.9 Å². The van der Waals surface area contributed by atoms with Crippen LogP contribution in [0.2, 0.25) is 0 Å². The van der Waals surface area contributed by atoms with Crippen molar-refractivity contribution in [2.75, 3.05) is 45.9 Å². The largest absolute Gasteiger partial charge is 0.497 e. The summed E-state index contributed by atoms with van der Waals surface area (Å²) in [6, 6.07) is 12.2. The number of benzene rings is 2. The second kappa shape index (κ2) is 9.77. The Morgan fingerprint density at radius 2 is 1.76 bits per heavy atom. The monoisotopic (exact) mass is 562 g/mol. The van der Waals surface area contributed by atoms with E-state index in [-0.39, 0.29) is 12.6 Å². The summed E-state index contributed by atoms with van der Waals surface area (Å²) in [5, 5.41) is 13.0. The maximum absolute atomic E-state index is 13.3. The molecule has 2 aromatic carbocycles. The van der Waals surface area contributed by atoms with Crippen LogP contribution < -0.4 is 14.4 Å². The van der Waals surface area contributed by atoms with Crippen LogP contribution in [0.5, 0.6) is 11.5 Å². The van der Waals surface area contributed by atoms with E-state index in [4.69, 9.17) is 18.9 Å². The van der Waals surface area contributed by atoms with Crippen LogP contribution in [0, 0.1) is 5.41 Å². The minimum Gasteiger partial charge on any atom is -0.497 e. The number of likely N-dealkylation sites (N-methyl/N-ethyl adjacent to an activating group) is 1. The molecule has 2 fully saturated rings. The van der Waals surface area contributed by atoms with Crippen LogP contribution in [0.15, 0.2) is 54.6 Å². The Bertz CT molecular complexity index is 1390. The summed E-state index contributed by atoms with van der Waals surface area (Å²) in [5.74, 6) is 0.280. The SMILES string of the molecule is CC[C@]12C=CCN3CC[C@@]4(c5ccc(OC)cc5N(C)[C@H]4C(O)(COC(=O)c4ccc(OC)cc4)[C@@H]1OC(C)=O)[C@@H]32. The fourth-order valence-corrected chi connectivity index (χ4v) is 8.60. The minimum atomic E-state index is -1.74. The predicted octanol–water partition coefficient (Wildman–Crippen LogP) is 3.33. The lowest BCUT2D eigenvalue weighted by Crippen LogP contribution is -2.80. The first-order valence-corrected chi connectivity index (χ1v) is 14.2. The first kappa shape index (κ1) is 27.6. The van der Waals surface area contributed by atoms with Crippen molar-refractivity contribution in [1.29, 1.82) is 0 Å². The molecule has 0 bridgehead atoms. The number of nitrogens with zero attached hydrogens (tertiary/aromatic N) is 2. The zero-order valence-electron chi connectivity index (χ0n) is 24.3. The van der Waals surface area contributed by atoms with Crippen LogP contribution in [0.3, 0.4) is 0 Å². The lowest BCUT2D eigenvalue weighted by atomic mass is 9.48. The third-order valence-electron chi connectivity index (χ3n) is 9.98. The topological polar surface area (TPSA) is 97.8 Å². The average Bonchev–Trinajstić information content (AvgIpc) is 3.50. The van der Waals surface area contributed by atoms with Crippen LogP contribution in [0.1, 0.15) is 42.6 Å². The number of fused-ring (bicyclic) bond motifs is 1. The molecule has 1 aliphatic carbocycles. The summed E-state index contributed by atoms with van der Waals surface area (Å²) in [6.07, 6.45) is 4.73. The van der Waals surface area contributed by atoms with Crippen molar-refractivity contribution in [3.8, 4) is 11.5 Å². The molecule has 9 heteroatoms. The van der Waals surface area contributed by atoms with Gasteiger partial charge in [-0.25, -0.2) is 4.79 Å². The number of esters is 2. The van der Waals surface area contributed by atoms with Gasteiger partial charge in [0, 0.05) is 49.1 Å². The molecule has 0 amide bonds. The highest BCUT2D eigenvalue weighted by molar-refractivity contribution is 5.89. The van der Waals surface area contributed by atoms with Gasteiger partial charge in [-0.1, -0.05) is 25.1 Å². The zero-order chi connectivity index (χ0) is 29.2. The summed E-state index contributed by atoms with van der Waals surface area (Å²) in [7, 11) is 5.15. The average molecular weight is 563 g/mol. The Kier molecular flexibility index (Phi) is 6.58. The number of aliphatic hydroxyl groups is 1. The third-order valence-corrected chi connectivity index (χ3v) is 9.98. The fourth-order valence-electron chi connectivity index (χ4n) is 8.60. The number of methoxy groups -OCH3 is 2. The molecular weight excluding hydrogens is 524 g/mol. The summed E-state index contributed by atoms with van der Waals surface area (Å²) in [4.78, 5) is 30.5. The van der Waals surface area contributed by atoms with Gasteiger partial charge in [0.25, 0.3) is 0 Å². The van der Waals surface area contributed by atoms with Gasteiger partial charge < -0.3 is 29.0 Å². The first-order valence-electron chi connectivity index (χ1n) is 14.2. The van der Waals surface area contributed by atoms with Crippen molar-refractivity contribution < 1.29 is 33.6 Å². The maximum Gasteiger partial charge on any atom is 0.338 e. The van der Waals surface area contributed by atoms with E-state index in [0.717, 1.165) is 36.5 Å². The van der Waals surface area contributed by atoms with E-state index in [0.29, 0.717) is 17.7 Å². The van der Waals surface area contributed by atoms with Crippen LogP contribution in [0.25, 0.3) is 0 Å². The second-order valence-electron chi connectivity index (χ2n) is 11.7.